The topological polar surface area (TPSA) is 68.1 Å². The van der Waals surface area contributed by atoms with Crippen molar-refractivity contribution in [3.8, 4) is 0 Å². The molecule has 0 saturated carbocycles. The van der Waals surface area contributed by atoms with Crippen LogP contribution in [0.25, 0.3) is 11.6 Å². The number of hydrogen-bond donors (Lipinski definition) is 0. The van der Waals surface area contributed by atoms with Crippen LogP contribution in [0.5, 0.6) is 0 Å². The van der Waals surface area contributed by atoms with Gasteiger partial charge in [0.2, 0.25) is 10.0 Å². The molecule has 190 valence electrons. The van der Waals surface area contributed by atoms with Crippen LogP contribution in [0.1, 0.15) is 67.8 Å². The molecular weight excluding hydrogens is 492 g/mol. The Hall–Kier alpha value is -2.48. The molecule has 1 aromatic carbocycles. The number of halogens is 1. The Kier molecular flexibility index (Phi) is 6.83. The zero-order chi connectivity index (χ0) is 25.5. The molecule has 8 heteroatoms. The summed E-state index contributed by atoms with van der Waals surface area (Å²) in [6, 6.07) is 10.4. The zero-order valence-corrected chi connectivity index (χ0v) is 22.6. The Morgan fingerprint density at radius 2 is 1.92 bits per heavy atom. The van der Waals surface area contributed by atoms with Gasteiger partial charge in [0.15, 0.2) is 0 Å². The Bertz CT molecular complexity index is 1370. The summed E-state index contributed by atoms with van der Waals surface area (Å²) in [4.78, 5) is 9.19. The summed E-state index contributed by atoms with van der Waals surface area (Å²) >= 11 is 6.48. The number of hydrogen-bond acceptors (Lipinski definition) is 4. The summed E-state index contributed by atoms with van der Waals surface area (Å²) in [6.07, 6.45) is 14.6. The van der Waals surface area contributed by atoms with Gasteiger partial charge in [-0.1, -0.05) is 29.8 Å². The van der Waals surface area contributed by atoms with Crippen LogP contribution < -0.4 is 0 Å². The van der Waals surface area contributed by atoms with Crippen LogP contribution in [0.15, 0.2) is 55.2 Å². The zero-order valence-electron chi connectivity index (χ0n) is 21.1. The van der Waals surface area contributed by atoms with Gasteiger partial charge in [-0.05, 0) is 85.9 Å². The minimum Gasteiger partial charge on any atom is -0.332 e. The molecule has 0 amide bonds. The van der Waals surface area contributed by atoms with E-state index in [-0.39, 0.29) is 11.5 Å². The van der Waals surface area contributed by atoms with Gasteiger partial charge in [-0.3, -0.25) is 4.98 Å². The lowest BCUT2D eigenvalue weighted by Crippen LogP contribution is -2.39. The summed E-state index contributed by atoms with van der Waals surface area (Å²) in [7, 11) is -3.18. The van der Waals surface area contributed by atoms with Crippen LogP contribution in [0.3, 0.4) is 0 Å². The molecule has 3 aromatic rings. The van der Waals surface area contributed by atoms with E-state index in [4.69, 9.17) is 16.6 Å². The van der Waals surface area contributed by atoms with E-state index >= 15 is 0 Å². The maximum absolute atomic E-state index is 12.1. The molecule has 2 aliphatic rings. The highest BCUT2D eigenvalue weighted by Crippen LogP contribution is 2.46. The van der Waals surface area contributed by atoms with E-state index in [1.165, 1.54) is 23.0 Å². The third kappa shape index (κ3) is 5.01. The highest BCUT2D eigenvalue weighted by atomic mass is 35.5. The molecule has 2 aromatic heterocycles. The number of allylic oxidation sites excluding steroid dienone is 1. The van der Waals surface area contributed by atoms with Gasteiger partial charge in [-0.25, -0.2) is 17.7 Å². The standard InChI is InChI=1S/C28H33ClN4O2S/c1-28(2,32-16-13-30-19-32)11-8-21-17-22-18-23(29)6-7-24(22)26(27-25(21)5-4-12-31-27)20-9-14-33(15-10-20)36(3,34)35/h4-7,12-13,16-20,26H,8-11,14-15H2,1-3H3. The molecule has 0 N–H and O–H groups in total. The third-order valence-electron chi connectivity index (χ3n) is 7.84. The summed E-state index contributed by atoms with van der Waals surface area (Å²) in [5, 5.41) is 0.715. The van der Waals surface area contributed by atoms with Crippen molar-refractivity contribution in [2.45, 2.75) is 51.0 Å². The number of pyridine rings is 1. The van der Waals surface area contributed by atoms with Crippen LogP contribution in [-0.2, 0) is 15.6 Å². The van der Waals surface area contributed by atoms with Crippen molar-refractivity contribution in [2.24, 2.45) is 5.92 Å². The first-order chi connectivity index (χ1) is 17.1. The summed E-state index contributed by atoms with van der Waals surface area (Å²) in [5.74, 6) is 0.386. The van der Waals surface area contributed by atoms with Crippen LogP contribution in [0.2, 0.25) is 5.02 Å². The van der Waals surface area contributed by atoms with Crippen LogP contribution >= 0.6 is 11.6 Å². The molecule has 1 aliphatic carbocycles. The molecule has 1 fully saturated rings. The number of benzene rings is 1. The van der Waals surface area contributed by atoms with Crippen molar-refractivity contribution < 1.29 is 8.42 Å². The maximum Gasteiger partial charge on any atom is 0.211 e. The fraction of sp³-hybridized carbons (Fsp3) is 0.429. The van der Waals surface area contributed by atoms with Crippen molar-refractivity contribution in [2.75, 3.05) is 19.3 Å². The van der Waals surface area contributed by atoms with Gasteiger partial charge in [0.05, 0.1) is 18.3 Å². The van der Waals surface area contributed by atoms with Crippen LogP contribution in [-0.4, -0.2) is 46.6 Å². The maximum atomic E-state index is 12.1. The van der Waals surface area contributed by atoms with Crippen molar-refractivity contribution in [1.29, 1.82) is 0 Å². The lowest BCUT2D eigenvalue weighted by Gasteiger charge is -2.35. The fourth-order valence-corrected chi connectivity index (χ4v) is 6.77. The molecule has 0 spiro atoms. The normalized spacial score (nSPS) is 19.3. The number of fused-ring (bicyclic) bond motifs is 2. The molecule has 6 nitrogen and oxygen atoms in total. The number of imidazole rings is 1. The van der Waals surface area contributed by atoms with E-state index in [0.717, 1.165) is 36.9 Å². The molecule has 1 unspecified atom stereocenters. The Morgan fingerprint density at radius 3 is 2.61 bits per heavy atom. The first kappa shape index (κ1) is 25.2. The minimum absolute atomic E-state index is 0.0823. The highest BCUT2D eigenvalue weighted by Gasteiger charge is 2.36. The molecule has 1 atom stereocenters. The van der Waals surface area contributed by atoms with E-state index in [1.54, 1.807) is 4.31 Å². The third-order valence-corrected chi connectivity index (χ3v) is 9.38. The van der Waals surface area contributed by atoms with Gasteiger partial charge in [0.1, 0.15) is 0 Å². The summed E-state index contributed by atoms with van der Waals surface area (Å²) < 4.78 is 28.0. The molecule has 1 saturated heterocycles. The predicted molar refractivity (Wildman–Crippen MR) is 145 cm³/mol. The average molecular weight is 525 g/mol. The van der Waals surface area contributed by atoms with Crippen LogP contribution in [0, 0.1) is 5.92 Å². The second-order valence-corrected chi connectivity index (χ2v) is 13.1. The molecule has 36 heavy (non-hydrogen) atoms. The lowest BCUT2D eigenvalue weighted by atomic mass is 9.76. The minimum atomic E-state index is -3.18. The van der Waals surface area contributed by atoms with E-state index in [0.29, 0.717) is 24.0 Å². The van der Waals surface area contributed by atoms with E-state index < -0.39 is 10.0 Å². The molecule has 5 rings (SSSR count). The average Bonchev–Trinajstić information content (AvgIpc) is 3.35. The lowest BCUT2D eigenvalue weighted by molar-refractivity contribution is 0.256. The molecular formula is C28H33ClN4O2S. The van der Waals surface area contributed by atoms with Gasteiger partial charge < -0.3 is 4.57 Å². The predicted octanol–water partition coefficient (Wildman–Crippen LogP) is 5.80. The Morgan fingerprint density at radius 1 is 1.14 bits per heavy atom. The van der Waals surface area contributed by atoms with Gasteiger partial charge >= 0.3 is 0 Å². The van der Waals surface area contributed by atoms with E-state index in [2.05, 4.69) is 47.7 Å². The second kappa shape index (κ2) is 9.77. The van der Waals surface area contributed by atoms with Gasteiger partial charge in [-0.15, -0.1) is 0 Å². The molecule has 1 aliphatic heterocycles. The number of sulfonamides is 1. The number of rotatable bonds is 6. The van der Waals surface area contributed by atoms with Crippen molar-refractivity contribution in [3.05, 3.63) is 82.7 Å². The molecule has 0 bridgehead atoms. The van der Waals surface area contributed by atoms with Gasteiger partial charge in [-0.2, -0.15) is 0 Å². The first-order valence-corrected chi connectivity index (χ1v) is 14.7. The van der Waals surface area contributed by atoms with Crippen molar-refractivity contribution >= 4 is 33.3 Å². The highest BCUT2D eigenvalue weighted by molar-refractivity contribution is 7.88. The molecule has 0 radical (unpaired) electrons. The summed E-state index contributed by atoms with van der Waals surface area (Å²) in [5.41, 5.74) is 5.80. The van der Waals surface area contributed by atoms with Crippen molar-refractivity contribution in [1.82, 2.24) is 18.8 Å². The Labute approximate surface area is 219 Å². The quantitative estimate of drug-likeness (QED) is 0.408. The SMILES string of the molecule is CC(C)(CCC1=Cc2cc(Cl)ccc2C(C2CCN(S(C)(=O)=O)CC2)c2ncccc21)n1ccnc1. The van der Waals surface area contributed by atoms with Crippen molar-refractivity contribution in [3.63, 3.8) is 0 Å². The largest absolute Gasteiger partial charge is 0.332 e. The van der Waals surface area contributed by atoms with E-state index in [1.807, 2.05) is 37.1 Å². The first-order valence-electron chi connectivity index (χ1n) is 12.5. The number of piperidine rings is 1. The number of nitrogens with zero attached hydrogens (tertiary/aromatic N) is 4. The second-order valence-electron chi connectivity index (χ2n) is 10.6. The van der Waals surface area contributed by atoms with Gasteiger partial charge in [0.25, 0.3) is 0 Å². The summed E-state index contributed by atoms with van der Waals surface area (Å²) in [6.45, 7) is 5.56. The monoisotopic (exact) mass is 524 g/mol. The Balaban J connectivity index is 1.53. The van der Waals surface area contributed by atoms with Gasteiger partial charge in [0, 0.05) is 48.2 Å². The smallest absolute Gasteiger partial charge is 0.211 e. The van der Waals surface area contributed by atoms with E-state index in [9.17, 15) is 8.42 Å². The fourth-order valence-electron chi connectivity index (χ4n) is 5.72. The van der Waals surface area contributed by atoms with Crippen LogP contribution in [0.4, 0.5) is 0 Å². The number of aromatic nitrogens is 3. The molecule has 3 heterocycles.